The normalized spacial score (nSPS) is 11.3. The molecule has 0 aliphatic carbocycles. The molecule has 17 heavy (non-hydrogen) atoms. The minimum atomic E-state index is 1.06. The zero-order valence-electron chi connectivity index (χ0n) is 11.6. The van der Waals surface area contributed by atoms with Crippen molar-refractivity contribution in [2.24, 2.45) is 0 Å². The molecular weight excluding hydrogens is 206 g/mol. The minimum Gasteiger partial charge on any atom is -0.317 e. The van der Waals surface area contributed by atoms with E-state index in [0.717, 1.165) is 25.9 Å². The second-order valence-corrected chi connectivity index (χ2v) is 4.70. The molecule has 0 saturated heterocycles. The highest BCUT2D eigenvalue weighted by Gasteiger charge is 2.01. The monoisotopic (exact) mass is 231 g/mol. The number of benzene rings is 1. The van der Waals surface area contributed by atoms with Gasteiger partial charge < -0.3 is 5.32 Å². The van der Waals surface area contributed by atoms with Gasteiger partial charge in [-0.3, -0.25) is 0 Å². The van der Waals surface area contributed by atoms with Crippen molar-refractivity contribution in [2.75, 3.05) is 13.1 Å². The fourth-order valence-corrected chi connectivity index (χ4v) is 2.21. The Hall–Kier alpha value is -1.08. The molecule has 0 radical (unpaired) electrons. The maximum absolute atomic E-state index is 3.33. The van der Waals surface area contributed by atoms with E-state index in [2.05, 4.69) is 57.3 Å². The Kier molecular flexibility index (Phi) is 5.99. The summed E-state index contributed by atoms with van der Waals surface area (Å²) < 4.78 is 0. The standard InChI is InChI=1S/C16H25N/c1-5-17-10-8-6-7-9-16-14(3)11-13(2)12-15(16)4/h6-7,11-12,17H,5,8-10H2,1-4H3. The van der Waals surface area contributed by atoms with Crippen LogP contribution >= 0.6 is 0 Å². The van der Waals surface area contributed by atoms with Crippen LogP contribution in [0.1, 0.15) is 35.6 Å². The van der Waals surface area contributed by atoms with E-state index in [1.807, 2.05) is 0 Å². The van der Waals surface area contributed by atoms with Crippen LogP contribution in [0.3, 0.4) is 0 Å². The number of aryl methyl sites for hydroxylation is 3. The molecule has 0 atom stereocenters. The largest absolute Gasteiger partial charge is 0.317 e. The molecular formula is C16H25N. The Morgan fingerprint density at radius 2 is 1.71 bits per heavy atom. The molecule has 0 aliphatic heterocycles. The molecule has 0 saturated carbocycles. The second kappa shape index (κ2) is 7.29. The molecule has 0 amide bonds. The molecule has 1 rings (SSSR count). The zero-order valence-corrected chi connectivity index (χ0v) is 11.6. The Labute approximate surface area is 106 Å². The minimum absolute atomic E-state index is 1.06. The number of rotatable bonds is 6. The molecule has 1 aromatic carbocycles. The molecule has 0 aliphatic rings. The van der Waals surface area contributed by atoms with E-state index in [-0.39, 0.29) is 0 Å². The fourth-order valence-electron chi connectivity index (χ4n) is 2.21. The van der Waals surface area contributed by atoms with E-state index in [4.69, 9.17) is 0 Å². The lowest BCUT2D eigenvalue weighted by Gasteiger charge is -2.09. The fraction of sp³-hybridized carbons (Fsp3) is 0.500. The zero-order chi connectivity index (χ0) is 12.7. The highest BCUT2D eigenvalue weighted by Crippen LogP contribution is 2.17. The lowest BCUT2D eigenvalue weighted by atomic mass is 9.97. The van der Waals surface area contributed by atoms with Gasteiger partial charge in [-0.05, 0) is 63.4 Å². The SMILES string of the molecule is CCNCCC=CCc1c(C)cc(C)cc1C. The van der Waals surface area contributed by atoms with Crippen LogP contribution in [0.2, 0.25) is 0 Å². The molecule has 1 heteroatoms. The highest BCUT2D eigenvalue weighted by atomic mass is 14.8. The van der Waals surface area contributed by atoms with Gasteiger partial charge in [-0.25, -0.2) is 0 Å². The first-order valence-corrected chi connectivity index (χ1v) is 6.57. The van der Waals surface area contributed by atoms with Gasteiger partial charge >= 0.3 is 0 Å². The summed E-state index contributed by atoms with van der Waals surface area (Å²) >= 11 is 0. The van der Waals surface area contributed by atoms with E-state index < -0.39 is 0 Å². The molecule has 0 fully saturated rings. The van der Waals surface area contributed by atoms with Gasteiger partial charge in [-0.1, -0.05) is 36.8 Å². The summed E-state index contributed by atoms with van der Waals surface area (Å²) in [6.07, 6.45) is 6.76. The third-order valence-electron chi connectivity index (χ3n) is 3.07. The average Bonchev–Trinajstić information content (AvgIpc) is 2.26. The Bertz CT molecular complexity index is 354. The van der Waals surface area contributed by atoms with Gasteiger partial charge in [0.25, 0.3) is 0 Å². The van der Waals surface area contributed by atoms with Gasteiger partial charge in [0.05, 0.1) is 0 Å². The lowest BCUT2D eigenvalue weighted by molar-refractivity contribution is 0.726. The molecule has 0 unspecified atom stereocenters. The maximum Gasteiger partial charge on any atom is -0.00144 e. The molecule has 0 aromatic heterocycles. The van der Waals surface area contributed by atoms with Crippen molar-refractivity contribution in [2.45, 2.75) is 40.5 Å². The Morgan fingerprint density at radius 3 is 2.29 bits per heavy atom. The predicted octanol–water partition coefficient (Wildman–Crippen LogP) is 3.71. The van der Waals surface area contributed by atoms with E-state index in [1.54, 1.807) is 0 Å². The molecule has 0 spiro atoms. The first-order valence-electron chi connectivity index (χ1n) is 6.57. The summed E-state index contributed by atoms with van der Waals surface area (Å²) in [6.45, 7) is 10.9. The third kappa shape index (κ3) is 4.74. The number of allylic oxidation sites excluding steroid dienone is 1. The van der Waals surface area contributed by atoms with Gasteiger partial charge in [0, 0.05) is 0 Å². The molecule has 0 heterocycles. The van der Waals surface area contributed by atoms with E-state index >= 15 is 0 Å². The van der Waals surface area contributed by atoms with E-state index in [1.165, 1.54) is 22.3 Å². The van der Waals surface area contributed by atoms with Crippen molar-refractivity contribution in [1.82, 2.24) is 5.32 Å². The van der Waals surface area contributed by atoms with Crippen molar-refractivity contribution in [3.05, 3.63) is 46.5 Å². The van der Waals surface area contributed by atoms with Gasteiger partial charge in [0.1, 0.15) is 0 Å². The first kappa shape index (κ1) is 14.0. The van der Waals surface area contributed by atoms with Gasteiger partial charge in [0.2, 0.25) is 0 Å². The van der Waals surface area contributed by atoms with Crippen LogP contribution in [0.25, 0.3) is 0 Å². The summed E-state index contributed by atoms with van der Waals surface area (Å²) in [7, 11) is 0. The van der Waals surface area contributed by atoms with Crippen LogP contribution in [0.5, 0.6) is 0 Å². The van der Waals surface area contributed by atoms with Crippen LogP contribution < -0.4 is 5.32 Å². The van der Waals surface area contributed by atoms with Crippen molar-refractivity contribution in [1.29, 1.82) is 0 Å². The van der Waals surface area contributed by atoms with Crippen LogP contribution in [-0.2, 0) is 6.42 Å². The summed E-state index contributed by atoms with van der Waals surface area (Å²) in [5, 5.41) is 3.33. The number of hydrogen-bond donors (Lipinski definition) is 1. The molecule has 1 nitrogen and oxygen atoms in total. The van der Waals surface area contributed by atoms with Crippen LogP contribution in [-0.4, -0.2) is 13.1 Å². The Morgan fingerprint density at radius 1 is 1.06 bits per heavy atom. The molecule has 94 valence electrons. The van der Waals surface area contributed by atoms with Crippen molar-refractivity contribution in [3.8, 4) is 0 Å². The molecule has 1 aromatic rings. The third-order valence-corrected chi connectivity index (χ3v) is 3.07. The van der Waals surface area contributed by atoms with Gasteiger partial charge in [0.15, 0.2) is 0 Å². The van der Waals surface area contributed by atoms with Crippen LogP contribution in [0, 0.1) is 20.8 Å². The average molecular weight is 231 g/mol. The quantitative estimate of drug-likeness (QED) is 0.581. The topological polar surface area (TPSA) is 12.0 Å². The summed E-state index contributed by atoms with van der Waals surface area (Å²) in [5.74, 6) is 0. The van der Waals surface area contributed by atoms with Crippen molar-refractivity contribution in [3.63, 3.8) is 0 Å². The van der Waals surface area contributed by atoms with Crippen LogP contribution in [0.15, 0.2) is 24.3 Å². The summed E-state index contributed by atoms with van der Waals surface area (Å²) in [5.41, 5.74) is 5.67. The smallest absolute Gasteiger partial charge is 0.00144 e. The highest BCUT2D eigenvalue weighted by molar-refractivity contribution is 5.38. The second-order valence-electron chi connectivity index (χ2n) is 4.70. The Balaban J connectivity index is 2.52. The predicted molar refractivity (Wildman–Crippen MR) is 76.7 cm³/mol. The first-order chi connectivity index (χ1) is 8.15. The molecule has 1 N–H and O–H groups in total. The lowest BCUT2D eigenvalue weighted by Crippen LogP contribution is -2.12. The van der Waals surface area contributed by atoms with Crippen molar-refractivity contribution < 1.29 is 0 Å². The number of nitrogens with one attached hydrogen (secondary N) is 1. The van der Waals surface area contributed by atoms with E-state index in [9.17, 15) is 0 Å². The number of hydrogen-bond acceptors (Lipinski definition) is 1. The summed E-state index contributed by atoms with van der Waals surface area (Å²) in [4.78, 5) is 0. The van der Waals surface area contributed by atoms with Gasteiger partial charge in [-0.2, -0.15) is 0 Å². The van der Waals surface area contributed by atoms with Crippen LogP contribution in [0.4, 0.5) is 0 Å². The maximum atomic E-state index is 3.33. The van der Waals surface area contributed by atoms with Crippen molar-refractivity contribution >= 4 is 0 Å². The van der Waals surface area contributed by atoms with Gasteiger partial charge in [-0.15, -0.1) is 0 Å². The van der Waals surface area contributed by atoms with E-state index in [0.29, 0.717) is 0 Å². The summed E-state index contributed by atoms with van der Waals surface area (Å²) in [6, 6.07) is 4.55. The molecule has 0 bridgehead atoms.